The molecule has 2 aromatic rings. The van der Waals surface area contributed by atoms with Crippen LogP contribution in [0.2, 0.25) is 0 Å². The maximum atomic E-state index is 11.8. The Morgan fingerprint density at radius 2 is 2.11 bits per heavy atom. The average molecular weight is 244 g/mol. The predicted octanol–water partition coefficient (Wildman–Crippen LogP) is 2.87. The first-order valence-corrected chi connectivity index (χ1v) is 6.03. The number of benzene rings is 1. The van der Waals surface area contributed by atoms with Crippen LogP contribution in [0.15, 0.2) is 40.9 Å². The molecule has 0 saturated heterocycles. The van der Waals surface area contributed by atoms with Crippen molar-refractivity contribution < 1.29 is 9.32 Å². The van der Waals surface area contributed by atoms with E-state index in [0.717, 1.165) is 12.0 Å². The molecule has 0 radical (unpaired) electrons. The van der Waals surface area contributed by atoms with Crippen LogP contribution in [0.25, 0.3) is 11.3 Å². The molecule has 1 N–H and O–H groups in total. The van der Waals surface area contributed by atoms with Crippen molar-refractivity contribution in [2.24, 2.45) is 0 Å². The van der Waals surface area contributed by atoms with Crippen LogP contribution in [0.3, 0.4) is 0 Å². The Morgan fingerprint density at radius 1 is 1.39 bits per heavy atom. The summed E-state index contributed by atoms with van der Waals surface area (Å²) in [5.74, 6) is 0.403. The molecular weight excluding hydrogens is 228 g/mol. The minimum Gasteiger partial charge on any atom is -0.355 e. The summed E-state index contributed by atoms with van der Waals surface area (Å²) in [5, 5.41) is 6.64. The first-order chi connectivity index (χ1) is 8.70. The normalized spacial score (nSPS) is 12.1. The first-order valence-electron chi connectivity index (χ1n) is 6.03. The minimum absolute atomic E-state index is 0.134. The van der Waals surface area contributed by atoms with E-state index >= 15 is 0 Å². The molecule has 1 amide bonds. The molecule has 0 bridgehead atoms. The minimum atomic E-state index is -0.199. The van der Waals surface area contributed by atoms with E-state index in [1.165, 1.54) is 0 Å². The van der Waals surface area contributed by atoms with Crippen molar-refractivity contribution in [3.63, 3.8) is 0 Å². The molecule has 0 spiro atoms. The van der Waals surface area contributed by atoms with Crippen molar-refractivity contribution in [1.29, 1.82) is 0 Å². The van der Waals surface area contributed by atoms with Gasteiger partial charge in [-0.25, -0.2) is 0 Å². The molecule has 4 heteroatoms. The van der Waals surface area contributed by atoms with Gasteiger partial charge in [0.05, 0.1) is 0 Å². The molecule has 2 rings (SSSR count). The van der Waals surface area contributed by atoms with E-state index in [1.54, 1.807) is 6.07 Å². The van der Waals surface area contributed by atoms with Gasteiger partial charge in [0.25, 0.3) is 5.91 Å². The first kappa shape index (κ1) is 12.4. The van der Waals surface area contributed by atoms with Gasteiger partial charge in [-0.05, 0) is 13.3 Å². The number of nitrogens with zero attached hydrogens (tertiary/aromatic N) is 1. The van der Waals surface area contributed by atoms with Gasteiger partial charge in [0.15, 0.2) is 11.5 Å². The van der Waals surface area contributed by atoms with E-state index in [9.17, 15) is 4.79 Å². The standard InChI is InChI=1S/C14H16N2O2/c1-3-10(2)15-14(17)12-9-13(18-16-12)11-7-5-4-6-8-11/h4-10H,3H2,1-2H3,(H,15,17). The smallest absolute Gasteiger partial charge is 0.273 e. The molecule has 94 valence electrons. The second-order valence-electron chi connectivity index (χ2n) is 4.23. The van der Waals surface area contributed by atoms with Gasteiger partial charge in [0.1, 0.15) is 0 Å². The number of amides is 1. The summed E-state index contributed by atoms with van der Waals surface area (Å²) in [6.07, 6.45) is 0.884. The molecule has 4 nitrogen and oxygen atoms in total. The maximum absolute atomic E-state index is 11.8. The van der Waals surface area contributed by atoms with E-state index in [4.69, 9.17) is 4.52 Å². The second-order valence-corrected chi connectivity index (χ2v) is 4.23. The molecule has 0 aliphatic heterocycles. The van der Waals surface area contributed by atoms with Crippen molar-refractivity contribution >= 4 is 5.91 Å². The van der Waals surface area contributed by atoms with Gasteiger partial charge < -0.3 is 9.84 Å². The number of aromatic nitrogens is 1. The second kappa shape index (κ2) is 5.49. The summed E-state index contributed by atoms with van der Waals surface area (Å²) >= 11 is 0. The fraction of sp³-hybridized carbons (Fsp3) is 0.286. The van der Waals surface area contributed by atoms with Gasteiger partial charge >= 0.3 is 0 Å². The van der Waals surface area contributed by atoms with E-state index in [-0.39, 0.29) is 11.9 Å². The molecule has 0 aliphatic rings. The molecule has 18 heavy (non-hydrogen) atoms. The summed E-state index contributed by atoms with van der Waals surface area (Å²) in [7, 11) is 0. The van der Waals surface area contributed by atoms with E-state index in [1.807, 2.05) is 44.2 Å². The molecule has 1 heterocycles. The Labute approximate surface area is 106 Å². The highest BCUT2D eigenvalue weighted by Crippen LogP contribution is 2.19. The van der Waals surface area contributed by atoms with E-state index < -0.39 is 0 Å². The van der Waals surface area contributed by atoms with Crippen molar-refractivity contribution in [2.75, 3.05) is 0 Å². The number of nitrogens with one attached hydrogen (secondary N) is 1. The molecule has 0 fully saturated rings. The fourth-order valence-corrected chi connectivity index (χ4v) is 1.52. The zero-order valence-electron chi connectivity index (χ0n) is 10.5. The van der Waals surface area contributed by atoms with Crippen molar-refractivity contribution in [3.8, 4) is 11.3 Å². The van der Waals surface area contributed by atoms with Gasteiger partial charge in [-0.2, -0.15) is 0 Å². The van der Waals surface area contributed by atoms with E-state index in [2.05, 4.69) is 10.5 Å². The largest absolute Gasteiger partial charge is 0.355 e. The summed E-state index contributed by atoms with van der Waals surface area (Å²) in [5.41, 5.74) is 1.22. The molecule has 1 aromatic carbocycles. The zero-order chi connectivity index (χ0) is 13.0. The van der Waals surface area contributed by atoms with Crippen LogP contribution < -0.4 is 5.32 Å². The SMILES string of the molecule is CCC(C)NC(=O)c1cc(-c2ccccc2)on1. The van der Waals surface area contributed by atoms with Gasteiger partial charge in [-0.3, -0.25) is 4.79 Å². The number of carbonyl (C=O) groups excluding carboxylic acids is 1. The third-order valence-corrected chi connectivity index (χ3v) is 2.79. The highest BCUT2D eigenvalue weighted by atomic mass is 16.5. The summed E-state index contributed by atoms with van der Waals surface area (Å²) < 4.78 is 5.18. The van der Waals surface area contributed by atoms with Crippen LogP contribution in [-0.4, -0.2) is 17.1 Å². The maximum Gasteiger partial charge on any atom is 0.273 e. The number of hydrogen-bond acceptors (Lipinski definition) is 3. The van der Waals surface area contributed by atoms with Crippen LogP contribution in [-0.2, 0) is 0 Å². The Kier molecular flexibility index (Phi) is 3.77. The van der Waals surface area contributed by atoms with Gasteiger partial charge in [-0.1, -0.05) is 42.4 Å². The third kappa shape index (κ3) is 2.77. The molecule has 0 saturated carbocycles. The summed E-state index contributed by atoms with van der Waals surface area (Å²) in [4.78, 5) is 11.8. The van der Waals surface area contributed by atoms with Gasteiger partial charge in [0, 0.05) is 17.7 Å². The van der Waals surface area contributed by atoms with Gasteiger partial charge in [-0.15, -0.1) is 0 Å². The third-order valence-electron chi connectivity index (χ3n) is 2.79. The molecule has 1 aromatic heterocycles. The number of carbonyl (C=O) groups is 1. The van der Waals surface area contributed by atoms with Crippen molar-refractivity contribution in [2.45, 2.75) is 26.3 Å². The van der Waals surface area contributed by atoms with Gasteiger partial charge in [0.2, 0.25) is 0 Å². The summed E-state index contributed by atoms with van der Waals surface area (Å²) in [6, 6.07) is 11.4. The summed E-state index contributed by atoms with van der Waals surface area (Å²) in [6.45, 7) is 3.97. The Balaban J connectivity index is 2.13. The highest BCUT2D eigenvalue weighted by molar-refractivity contribution is 5.93. The van der Waals surface area contributed by atoms with Crippen LogP contribution >= 0.6 is 0 Å². The Hall–Kier alpha value is -2.10. The molecule has 0 aliphatic carbocycles. The molecule has 1 unspecified atom stereocenters. The monoisotopic (exact) mass is 244 g/mol. The lowest BCUT2D eigenvalue weighted by molar-refractivity contribution is 0.0930. The van der Waals surface area contributed by atoms with Crippen molar-refractivity contribution in [1.82, 2.24) is 10.5 Å². The average Bonchev–Trinajstić information content (AvgIpc) is 2.89. The Morgan fingerprint density at radius 3 is 2.78 bits per heavy atom. The lowest BCUT2D eigenvalue weighted by Gasteiger charge is -2.08. The fourth-order valence-electron chi connectivity index (χ4n) is 1.52. The highest BCUT2D eigenvalue weighted by Gasteiger charge is 2.14. The van der Waals surface area contributed by atoms with E-state index in [0.29, 0.717) is 11.5 Å². The predicted molar refractivity (Wildman–Crippen MR) is 69.2 cm³/mol. The van der Waals surface area contributed by atoms with Crippen LogP contribution in [0, 0.1) is 0 Å². The quantitative estimate of drug-likeness (QED) is 0.899. The van der Waals surface area contributed by atoms with Crippen LogP contribution in [0.1, 0.15) is 30.8 Å². The molecule has 1 atom stereocenters. The number of hydrogen-bond donors (Lipinski definition) is 1. The van der Waals surface area contributed by atoms with Crippen LogP contribution in [0.5, 0.6) is 0 Å². The lowest BCUT2D eigenvalue weighted by Crippen LogP contribution is -2.32. The van der Waals surface area contributed by atoms with Crippen molar-refractivity contribution in [3.05, 3.63) is 42.1 Å². The van der Waals surface area contributed by atoms with Crippen LogP contribution in [0.4, 0.5) is 0 Å². The topological polar surface area (TPSA) is 55.1 Å². The Bertz CT molecular complexity index is 520. The molecular formula is C14H16N2O2. The number of rotatable bonds is 4. The zero-order valence-corrected chi connectivity index (χ0v) is 10.5. The lowest BCUT2D eigenvalue weighted by atomic mass is 10.1.